The van der Waals surface area contributed by atoms with Crippen molar-refractivity contribution in [3.63, 3.8) is 0 Å². The summed E-state index contributed by atoms with van der Waals surface area (Å²) in [5.41, 5.74) is 4.63. The second-order valence-electron chi connectivity index (χ2n) is 6.37. The van der Waals surface area contributed by atoms with Crippen LogP contribution in [-0.2, 0) is 11.3 Å². The van der Waals surface area contributed by atoms with Gasteiger partial charge in [0.25, 0.3) is 0 Å². The fourth-order valence-corrected chi connectivity index (χ4v) is 3.46. The summed E-state index contributed by atoms with van der Waals surface area (Å²) < 4.78 is 5.79. The van der Waals surface area contributed by atoms with E-state index in [-0.39, 0.29) is 0 Å². The van der Waals surface area contributed by atoms with Crippen molar-refractivity contribution >= 4 is 5.57 Å². The highest BCUT2D eigenvalue weighted by Crippen LogP contribution is 2.32. The third kappa shape index (κ3) is 3.05. The Morgan fingerprint density at radius 2 is 1.96 bits per heavy atom. The number of ether oxygens (including phenoxy) is 1. The first-order chi connectivity index (χ1) is 11.3. The predicted molar refractivity (Wildman–Crippen MR) is 89.7 cm³/mol. The molecule has 1 aromatic heterocycles. The molecule has 2 aliphatic heterocycles. The van der Waals surface area contributed by atoms with Crippen molar-refractivity contribution in [3.05, 3.63) is 65.5 Å². The van der Waals surface area contributed by atoms with Crippen LogP contribution in [0, 0.1) is 6.92 Å². The van der Waals surface area contributed by atoms with Gasteiger partial charge in [0, 0.05) is 12.6 Å². The molecule has 0 N–H and O–H groups in total. The van der Waals surface area contributed by atoms with E-state index in [0.717, 1.165) is 37.6 Å². The molecule has 2 bridgehead atoms. The van der Waals surface area contributed by atoms with Gasteiger partial charge in [-0.25, -0.2) is 0 Å². The summed E-state index contributed by atoms with van der Waals surface area (Å²) in [5, 5.41) is 8.56. The summed E-state index contributed by atoms with van der Waals surface area (Å²) in [6, 6.07) is 15.5. The van der Waals surface area contributed by atoms with Crippen LogP contribution in [0.25, 0.3) is 5.57 Å². The normalized spacial score (nSPS) is 24.3. The Balaban J connectivity index is 1.59. The van der Waals surface area contributed by atoms with Crippen LogP contribution in [0.3, 0.4) is 0 Å². The summed E-state index contributed by atoms with van der Waals surface area (Å²) >= 11 is 0. The highest BCUT2D eigenvalue weighted by Gasteiger charge is 2.35. The smallest absolute Gasteiger partial charge is 0.0887 e. The minimum atomic E-state index is 0.320. The van der Waals surface area contributed by atoms with Crippen molar-refractivity contribution in [2.75, 3.05) is 13.2 Å². The van der Waals surface area contributed by atoms with Gasteiger partial charge in [-0.1, -0.05) is 36.4 Å². The van der Waals surface area contributed by atoms with E-state index >= 15 is 0 Å². The number of hydrogen-bond acceptors (Lipinski definition) is 4. The molecular formula is C19H21N3O. The molecule has 0 spiro atoms. The largest absolute Gasteiger partial charge is 0.378 e. The highest BCUT2D eigenvalue weighted by atomic mass is 16.5. The summed E-state index contributed by atoms with van der Waals surface area (Å²) in [7, 11) is 0. The molecule has 2 unspecified atom stereocenters. The van der Waals surface area contributed by atoms with Crippen molar-refractivity contribution in [1.82, 2.24) is 15.1 Å². The lowest BCUT2D eigenvalue weighted by atomic mass is 9.91. The zero-order chi connectivity index (χ0) is 15.6. The minimum absolute atomic E-state index is 0.320. The van der Waals surface area contributed by atoms with E-state index in [1.54, 1.807) is 0 Å². The third-order valence-electron chi connectivity index (χ3n) is 4.68. The Labute approximate surface area is 136 Å². The average Bonchev–Trinajstić information content (AvgIpc) is 2.56. The Hall–Kier alpha value is -2.04. The van der Waals surface area contributed by atoms with E-state index in [9.17, 15) is 0 Å². The molecule has 2 atom stereocenters. The molecule has 0 aliphatic carbocycles. The molecule has 2 aromatic rings. The highest BCUT2D eigenvalue weighted by molar-refractivity contribution is 5.64. The molecule has 1 saturated heterocycles. The maximum Gasteiger partial charge on any atom is 0.0887 e. The standard InChI is InChI=1S/C19H21N3O/c1-14-7-8-19(21-20-14)16-9-17-12-23-13-18(10-16)22(17)11-15-5-3-2-4-6-15/h2-9,17-18H,10-13H2,1H3. The first-order valence-corrected chi connectivity index (χ1v) is 8.18. The van der Waals surface area contributed by atoms with E-state index < -0.39 is 0 Å². The van der Waals surface area contributed by atoms with E-state index in [1.807, 2.05) is 13.0 Å². The molecule has 1 aromatic carbocycles. The number of aromatic nitrogens is 2. The second kappa shape index (κ2) is 6.22. The Bertz CT molecular complexity index is 696. The van der Waals surface area contributed by atoms with Gasteiger partial charge in [0.15, 0.2) is 0 Å². The monoisotopic (exact) mass is 307 g/mol. The fraction of sp³-hybridized carbons (Fsp3) is 0.368. The molecule has 118 valence electrons. The predicted octanol–water partition coefficient (Wildman–Crippen LogP) is 2.84. The van der Waals surface area contributed by atoms with Crippen LogP contribution >= 0.6 is 0 Å². The van der Waals surface area contributed by atoms with Crippen LogP contribution in [0.5, 0.6) is 0 Å². The van der Waals surface area contributed by atoms with Gasteiger partial charge < -0.3 is 4.74 Å². The molecule has 4 rings (SSSR count). The molecule has 0 radical (unpaired) electrons. The maximum atomic E-state index is 5.79. The lowest BCUT2D eigenvalue weighted by Gasteiger charge is -2.44. The van der Waals surface area contributed by atoms with Crippen LogP contribution in [-0.4, -0.2) is 40.4 Å². The van der Waals surface area contributed by atoms with Gasteiger partial charge in [0.1, 0.15) is 0 Å². The fourth-order valence-electron chi connectivity index (χ4n) is 3.46. The van der Waals surface area contributed by atoms with Gasteiger partial charge in [-0.15, -0.1) is 0 Å². The van der Waals surface area contributed by atoms with Crippen LogP contribution in [0.4, 0.5) is 0 Å². The van der Waals surface area contributed by atoms with Crippen molar-refractivity contribution < 1.29 is 4.74 Å². The summed E-state index contributed by atoms with van der Waals surface area (Å²) in [6.07, 6.45) is 3.29. The number of benzene rings is 1. The van der Waals surface area contributed by atoms with E-state index in [2.05, 4.69) is 57.6 Å². The van der Waals surface area contributed by atoms with Crippen molar-refractivity contribution in [2.24, 2.45) is 0 Å². The molecular weight excluding hydrogens is 286 g/mol. The van der Waals surface area contributed by atoms with Crippen LogP contribution in [0.2, 0.25) is 0 Å². The van der Waals surface area contributed by atoms with Crippen LogP contribution in [0.15, 0.2) is 48.5 Å². The van der Waals surface area contributed by atoms with Gasteiger partial charge in [0.05, 0.1) is 30.6 Å². The van der Waals surface area contributed by atoms with Gasteiger partial charge in [-0.2, -0.15) is 10.2 Å². The number of nitrogens with zero attached hydrogens (tertiary/aromatic N) is 3. The number of aryl methyl sites for hydroxylation is 1. The molecule has 0 saturated carbocycles. The molecule has 23 heavy (non-hydrogen) atoms. The summed E-state index contributed by atoms with van der Waals surface area (Å²) in [6.45, 7) is 4.49. The number of morpholine rings is 1. The summed E-state index contributed by atoms with van der Waals surface area (Å²) in [4.78, 5) is 2.56. The SMILES string of the molecule is Cc1ccc(C2=CC3COCC(C2)N3Cc2ccccc2)nn1. The van der Waals surface area contributed by atoms with Gasteiger partial charge in [0.2, 0.25) is 0 Å². The van der Waals surface area contributed by atoms with Gasteiger partial charge in [-0.05, 0) is 36.6 Å². The Morgan fingerprint density at radius 1 is 1.09 bits per heavy atom. The van der Waals surface area contributed by atoms with Crippen LogP contribution in [0.1, 0.15) is 23.4 Å². The molecule has 4 heteroatoms. The van der Waals surface area contributed by atoms with E-state index in [0.29, 0.717) is 12.1 Å². The molecule has 4 nitrogen and oxygen atoms in total. The molecule has 3 heterocycles. The van der Waals surface area contributed by atoms with Crippen molar-refractivity contribution in [3.8, 4) is 0 Å². The molecule has 2 aliphatic rings. The van der Waals surface area contributed by atoms with Gasteiger partial charge in [-0.3, -0.25) is 4.90 Å². The van der Waals surface area contributed by atoms with Crippen molar-refractivity contribution in [2.45, 2.75) is 32.0 Å². The van der Waals surface area contributed by atoms with Crippen LogP contribution < -0.4 is 0 Å². The Kier molecular flexibility index (Phi) is 3.93. The minimum Gasteiger partial charge on any atom is -0.378 e. The number of hydrogen-bond donors (Lipinski definition) is 0. The maximum absolute atomic E-state index is 5.79. The lowest BCUT2D eigenvalue weighted by Crippen LogP contribution is -2.53. The zero-order valence-electron chi connectivity index (χ0n) is 13.4. The quantitative estimate of drug-likeness (QED) is 0.874. The average molecular weight is 307 g/mol. The summed E-state index contributed by atoms with van der Waals surface area (Å²) in [5.74, 6) is 0. The van der Waals surface area contributed by atoms with E-state index in [4.69, 9.17) is 4.74 Å². The number of fused-ring (bicyclic) bond motifs is 2. The van der Waals surface area contributed by atoms with Crippen molar-refractivity contribution in [1.29, 1.82) is 0 Å². The zero-order valence-corrected chi connectivity index (χ0v) is 13.4. The Morgan fingerprint density at radius 3 is 2.70 bits per heavy atom. The van der Waals surface area contributed by atoms with E-state index in [1.165, 1.54) is 11.1 Å². The van der Waals surface area contributed by atoms with Gasteiger partial charge >= 0.3 is 0 Å². The first-order valence-electron chi connectivity index (χ1n) is 8.18. The molecule has 0 amide bonds. The molecule has 1 fully saturated rings. The topological polar surface area (TPSA) is 38.2 Å². The third-order valence-corrected chi connectivity index (χ3v) is 4.68. The number of rotatable bonds is 3. The first kappa shape index (κ1) is 14.5. The lowest BCUT2D eigenvalue weighted by molar-refractivity contribution is -0.0403. The second-order valence-corrected chi connectivity index (χ2v) is 6.37.